The summed E-state index contributed by atoms with van der Waals surface area (Å²) in [4.78, 5) is 66.2. The summed E-state index contributed by atoms with van der Waals surface area (Å²) in [5, 5.41) is 0. The van der Waals surface area contributed by atoms with Gasteiger partial charge in [-0.2, -0.15) is 92.2 Å². The second kappa shape index (κ2) is 19.3. The molecule has 0 bridgehead atoms. The van der Waals surface area contributed by atoms with E-state index in [-0.39, 0.29) is 38.2 Å². The van der Waals surface area contributed by atoms with Crippen molar-refractivity contribution in [3.05, 3.63) is 0 Å². The Hall–Kier alpha value is -2.18. The first-order chi connectivity index (χ1) is 24.1. The molecule has 0 rings (SSSR count). The molecule has 0 atom stereocenters. The molecule has 0 saturated carbocycles. The number of ketones is 6. The quantitative estimate of drug-likeness (QED) is 0.143. The first-order valence-corrected chi connectivity index (χ1v) is 14.8. The van der Waals surface area contributed by atoms with E-state index >= 15 is 0 Å². The van der Waals surface area contributed by atoms with Gasteiger partial charge in [-0.1, -0.05) is 62.3 Å². The Kier molecular flexibility index (Phi) is 20.7. The fourth-order valence-corrected chi connectivity index (χ4v) is 2.63. The SMILES string of the molecule is CC(C)(C)C(=O)CC(=O)C(F)(F)C(F)(F)C(F)(F)F.CC(C)(C)C(=O)CC(=O)C(F)(F)C(F)(F)C(F)(F)F.CC(C)(C)C(=O)CC(=O)C(F)(F)C(F)(F)C(F)(F)F.[Dy]. The Bertz CT molecular complexity index is 1310. The van der Waals surface area contributed by atoms with Gasteiger partial charge in [0.15, 0.2) is 0 Å². The van der Waals surface area contributed by atoms with Crippen molar-refractivity contribution in [3.63, 3.8) is 0 Å². The van der Waals surface area contributed by atoms with Gasteiger partial charge in [-0.3, -0.25) is 28.8 Å². The van der Waals surface area contributed by atoms with E-state index in [1.165, 1.54) is 62.3 Å². The van der Waals surface area contributed by atoms with E-state index in [0.29, 0.717) is 0 Å². The van der Waals surface area contributed by atoms with Crippen LogP contribution >= 0.6 is 0 Å². The molecule has 0 aromatic rings. The van der Waals surface area contributed by atoms with Crippen LogP contribution in [-0.2, 0) is 28.8 Å². The van der Waals surface area contributed by atoms with Gasteiger partial charge in [0, 0.05) is 54.4 Å². The van der Waals surface area contributed by atoms with Crippen LogP contribution in [0.5, 0.6) is 0 Å². The molecule has 0 unspecified atom stereocenters. The minimum absolute atomic E-state index is 0. The van der Waals surface area contributed by atoms with Gasteiger partial charge < -0.3 is 0 Å². The molecule has 0 spiro atoms. The molecule has 28 heteroatoms. The van der Waals surface area contributed by atoms with Crippen molar-refractivity contribution >= 4 is 34.7 Å². The number of hydrogen-bond acceptors (Lipinski definition) is 6. The van der Waals surface area contributed by atoms with E-state index in [1.807, 2.05) is 0 Å². The minimum Gasteiger partial charge on any atom is -0.299 e. The third-order valence-corrected chi connectivity index (χ3v) is 6.77. The molecule has 0 fully saturated rings. The maximum absolute atomic E-state index is 12.9. The number of Topliss-reactive ketones (excluding diaryl/α,β-unsaturated/α-hetero) is 6. The zero-order valence-electron chi connectivity index (χ0n) is 30.8. The molecule has 0 N–H and O–H groups in total. The summed E-state index contributed by atoms with van der Waals surface area (Å²) in [6.07, 6.45) is -24.8. The fourth-order valence-electron chi connectivity index (χ4n) is 2.63. The maximum atomic E-state index is 12.9. The van der Waals surface area contributed by atoms with Crippen molar-refractivity contribution in [1.82, 2.24) is 0 Å². The molecule has 0 aliphatic heterocycles. The molecule has 0 radical (unpaired) electrons. The predicted octanol–water partition coefficient (Wildman–Crippen LogP) is 10.2. The molecule has 0 aromatic heterocycles. The third kappa shape index (κ3) is 15.1. The molecular formula is C30H33DyF21O6. The molecule has 0 aromatic carbocycles. The Balaban J connectivity index is -0.000000374. The van der Waals surface area contributed by atoms with Gasteiger partial charge in [0.2, 0.25) is 17.3 Å². The Morgan fingerprint density at radius 1 is 0.276 bits per heavy atom. The van der Waals surface area contributed by atoms with Gasteiger partial charge >= 0.3 is 54.1 Å². The Morgan fingerprint density at radius 3 is 0.483 bits per heavy atom. The largest absolute Gasteiger partial charge is 0.460 e. The van der Waals surface area contributed by atoms with Crippen LogP contribution in [0.2, 0.25) is 0 Å². The first-order valence-electron chi connectivity index (χ1n) is 14.8. The molecule has 0 saturated heterocycles. The monoisotopic (exact) mass is 1050 g/mol. The van der Waals surface area contributed by atoms with Crippen molar-refractivity contribution in [2.75, 3.05) is 0 Å². The standard InChI is InChI=1S/3C10H11F7O2.Dy/c3*1-7(2,3)5(18)4-6(19)8(11,12)9(13,14)10(15,16)17;/h3*4H2,1-3H3;. The van der Waals surface area contributed by atoms with Crippen molar-refractivity contribution in [2.45, 2.75) is 136 Å². The number of carbonyl (C=O) groups is 6. The van der Waals surface area contributed by atoms with E-state index in [9.17, 15) is 121 Å². The van der Waals surface area contributed by atoms with Gasteiger partial charge in [-0.15, -0.1) is 0 Å². The van der Waals surface area contributed by atoms with Crippen LogP contribution in [0, 0.1) is 54.4 Å². The third-order valence-electron chi connectivity index (χ3n) is 6.77. The van der Waals surface area contributed by atoms with Gasteiger partial charge in [-0.25, -0.2) is 0 Å². The number of rotatable bonds is 12. The Morgan fingerprint density at radius 2 is 0.397 bits per heavy atom. The number of carbonyl (C=O) groups excluding carboxylic acids is 6. The predicted molar refractivity (Wildman–Crippen MR) is 150 cm³/mol. The number of alkyl halides is 21. The Labute approximate surface area is 344 Å². The van der Waals surface area contributed by atoms with Crippen LogP contribution in [0.15, 0.2) is 0 Å². The summed E-state index contributed by atoms with van der Waals surface area (Å²) in [5.74, 6) is -49.2. The van der Waals surface area contributed by atoms with E-state index in [1.54, 1.807) is 0 Å². The van der Waals surface area contributed by atoms with Crippen molar-refractivity contribution in [3.8, 4) is 0 Å². The number of hydrogen-bond donors (Lipinski definition) is 0. The second-order valence-corrected chi connectivity index (χ2v) is 14.8. The van der Waals surface area contributed by atoms with E-state index in [4.69, 9.17) is 0 Å². The zero-order chi connectivity index (χ0) is 47.6. The average molecular weight is 1050 g/mol. The maximum Gasteiger partial charge on any atom is 0.460 e. The van der Waals surface area contributed by atoms with Crippen LogP contribution in [0.25, 0.3) is 0 Å². The zero-order valence-corrected chi connectivity index (χ0v) is 32.9. The van der Waals surface area contributed by atoms with E-state index in [2.05, 4.69) is 0 Å². The van der Waals surface area contributed by atoms with Crippen LogP contribution < -0.4 is 0 Å². The first kappa shape index (κ1) is 62.5. The van der Waals surface area contributed by atoms with Gasteiger partial charge in [0.05, 0.1) is 19.3 Å². The second-order valence-electron chi connectivity index (χ2n) is 14.8. The van der Waals surface area contributed by atoms with Crippen LogP contribution in [-0.4, -0.2) is 88.8 Å². The topological polar surface area (TPSA) is 102 Å². The van der Waals surface area contributed by atoms with Crippen molar-refractivity contribution < 1.29 is 159 Å². The smallest absolute Gasteiger partial charge is 0.299 e. The fraction of sp³-hybridized carbons (Fsp3) is 0.800. The van der Waals surface area contributed by atoms with Gasteiger partial charge in [-0.05, 0) is 0 Å². The summed E-state index contributed by atoms with van der Waals surface area (Å²) in [6, 6.07) is 0. The average Bonchev–Trinajstić information content (AvgIpc) is 2.93. The number of halogens is 21. The summed E-state index contributed by atoms with van der Waals surface area (Å²) >= 11 is 0. The summed E-state index contributed by atoms with van der Waals surface area (Å²) in [5.41, 5.74) is -3.92. The van der Waals surface area contributed by atoms with Crippen LogP contribution in [0.1, 0.15) is 81.6 Å². The van der Waals surface area contributed by atoms with Crippen LogP contribution in [0.3, 0.4) is 0 Å². The molecular weight excluding hydrogens is 1020 g/mol. The molecule has 0 heterocycles. The summed E-state index contributed by atoms with van der Waals surface area (Å²) in [7, 11) is 0. The molecule has 0 amide bonds. The van der Waals surface area contributed by atoms with Crippen molar-refractivity contribution in [2.24, 2.45) is 16.2 Å². The van der Waals surface area contributed by atoms with E-state index in [0.717, 1.165) is 0 Å². The van der Waals surface area contributed by atoms with Gasteiger partial charge in [0.25, 0.3) is 0 Å². The molecule has 346 valence electrons. The summed E-state index contributed by atoms with van der Waals surface area (Å²) in [6.45, 7) is 10.9. The molecule has 0 aliphatic carbocycles. The molecule has 58 heavy (non-hydrogen) atoms. The molecule has 0 aliphatic rings. The minimum atomic E-state index is -6.59. The molecule has 6 nitrogen and oxygen atoms in total. The summed E-state index contributed by atoms with van der Waals surface area (Å²) < 4.78 is 258. The van der Waals surface area contributed by atoms with Gasteiger partial charge in [0.1, 0.15) is 17.3 Å². The van der Waals surface area contributed by atoms with Crippen molar-refractivity contribution in [1.29, 1.82) is 0 Å². The van der Waals surface area contributed by atoms with E-state index < -0.39 is 124 Å². The normalized spacial score (nSPS) is 14.2. The van der Waals surface area contributed by atoms with Crippen LogP contribution in [0.4, 0.5) is 92.2 Å².